The van der Waals surface area contributed by atoms with Crippen molar-refractivity contribution >= 4 is 46.6 Å². The zero-order valence-corrected chi connectivity index (χ0v) is 19.1. The Labute approximate surface area is 192 Å². The Hall–Kier alpha value is -2.00. The van der Waals surface area contributed by atoms with E-state index in [1.54, 1.807) is 31.2 Å². The third-order valence-electron chi connectivity index (χ3n) is 4.12. The Kier molecular flexibility index (Phi) is 7.46. The van der Waals surface area contributed by atoms with Crippen molar-refractivity contribution in [3.63, 3.8) is 0 Å². The summed E-state index contributed by atoms with van der Waals surface area (Å²) >= 11 is 19.8. The first kappa shape index (κ1) is 22.7. The van der Waals surface area contributed by atoms with Gasteiger partial charge in [-0.2, -0.15) is 0 Å². The van der Waals surface area contributed by atoms with Gasteiger partial charge in [0, 0.05) is 15.6 Å². The second kappa shape index (κ2) is 9.87. The van der Waals surface area contributed by atoms with Crippen LogP contribution in [0.1, 0.15) is 23.6 Å². The first-order chi connectivity index (χ1) is 14.3. The zero-order valence-electron chi connectivity index (χ0n) is 16.0. The third kappa shape index (κ3) is 5.18. The van der Waals surface area contributed by atoms with Crippen LogP contribution in [0, 0.1) is 17.0 Å². The summed E-state index contributed by atoms with van der Waals surface area (Å²) in [6.45, 7) is 3.67. The number of ether oxygens (including phenoxy) is 1. The van der Waals surface area contributed by atoms with Gasteiger partial charge in [-0.15, -0.1) is 10.2 Å². The summed E-state index contributed by atoms with van der Waals surface area (Å²) in [7, 11) is 0. The summed E-state index contributed by atoms with van der Waals surface area (Å²) in [5.41, 5.74) is 1.39. The Morgan fingerprint density at radius 2 is 1.80 bits per heavy atom. The lowest BCUT2D eigenvalue weighted by atomic mass is 10.1. The Bertz CT molecular complexity index is 1040. The monoisotopic (exact) mass is 486 g/mol. The van der Waals surface area contributed by atoms with E-state index >= 15 is 0 Å². The van der Waals surface area contributed by atoms with Gasteiger partial charge in [-0.3, -0.25) is 14.7 Å². The quantitative estimate of drug-likeness (QED) is 0.219. The van der Waals surface area contributed by atoms with Crippen molar-refractivity contribution in [3.05, 3.63) is 73.0 Å². The van der Waals surface area contributed by atoms with Gasteiger partial charge in [-0.25, -0.2) is 0 Å². The van der Waals surface area contributed by atoms with Crippen LogP contribution in [-0.4, -0.2) is 32.8 Å². The van der Waals surface area contributed by atoms with Gasteiger partial charge in [-0.05, 0) is 55.8 Å². The average Bonchev–Trinajstić information content (AvgIpc) is 3.04. The van der Waals surface area contributed by atoms with Crippen molar-refractivity contribution in [1.29, 1.82) is 0 Å². The van der Waals surface area contributed by atoms with E-state index in [4.69, 9.17) is 39.5 Å². The predicted molar refractivity (Wildman–Crippen MR) is 119 cm³/mol. The maximum Gasteiger partial charge on any atom is 0.220 e. The molecule has 0 N–H and O–H groups in total. The first-order valence-electron chi connectivity index (χ1n) is 8.88. The van der Waals surface area contributed by atoms with Gasteiger partial charge >= 0.3 is 0 Å². The lowest BCUT2D eigenvalue weighted by Crippen LogP contribution is -2.11. The number of hydrogen-bond acceptors (Lipinski definition) is 6. The number of halogens is 3. The molecule has 1 atom stereocenters. The van der Waals surface area contributed by atoms with Gasteiger partial charge in [0.25, 0.3) is 0 Å². The van der Waals surface area contributed by atoms with Crippen LogP contribution in [0.4, 0.5) is 0 Å². The molecule has 0 saturated heterocycles. The molecular weight excluding hydrogens is 471 g/mol. The van der Waals surface area contributed by atoms with Gasteiger partial charge in [0.15, 0.2) is 10.9 Å². The SMILES string of the molecule is CCOc1c(Cl)cc([C@@H](C[N+](=O)[O-])Sc2nnc(C)n2-c2ccc(Cl)cc2)cc1Cl. The van der Waals surface area contributed by atoms with Gasteiger partial charge in [-0.1, -0.05) is 46.6 Å². The summed E-state index contributed by atoms with van der Waals surface area (Å²) in [5.74, 6) is 0.997. The number of benzene rings is 2. The van der Waals surface area contributed by atoms with Crippen LogP contribution in [0.15, 0.2) is 41.6 Å². The van der Waals surface area contributed by atoms with Crippen molar-refractivity contribution in [3.8, 4) is 11.4 Å². The second-order valence-corrected chi connectivity index (χ2v) is 8.63. The van der Waals surface area contributed by atoms with E-state index in [-0.39, 0.29) is 11.5 Å². The highest BCUT2D eigenvalue weighted by Crippen LogP contribution is 2.41. The Morgan fingerprint density at radius 1 is 1.17 bits per heavy atom. The maximum absolute atomic E-state index is 11.4. The molecule has 158 valence electrons. The molecule has 1 aromatic heterocycles. The number of aryl methyl sites for hydroxylation is 1. The predicted octanol–water partition coefficient (Wildman–Crippen LogP) is 6.04. The Morgan fingerprint density at radius 3 is 2.37 bits per heavy atom. The Balaban J connectivity index is 2.00. The largest absolute Gasteiger partial charge is 0.491 e. The van der Waals surface area contributed by atoms with Crippen LogP contribution >= 0.6 is 46.6 Å². The molecule has 11 heteroatoms. The molecule has 0 amide bonds. The van der Waals surface area contributed by atoms with Crippen molar-refractivity contribution in [1.82, 2.24) is 14.8 Å². The van der Waals surface area contributed by atoms with Crippen molar-refractivity contribution in [2.75, 3.05) is 13.2 Å². The van der Waals surface area contributed by atoms with Crippen molar-refractivity contribution in [2.45, 2.75) is 24.3 Å². The van der Waals surface area contributed by atoms with Gasteiger partial charge < -0.3 is 4.74 Å². The molecule has 0 spiro atoms. The highest BCUT2D eigenvalue weighted by atomic mass is 35.5. The highest BCUT2D eigenvalue weighted by Gasteiger charge is 2.25. The smallest absolute Gasteiger partial charge is 0.220 e. The number of nitro groups is 1. The molecule has 3 aromatic rings. The molecule has 0 fully saturated rings. The summed E-state index contributed by atoms with van der Waals surface area (Å²) in [6.07, 6.45) is 0. The van der Waals surface area contributed by atoms with Crippen LogP contribution in [0.25, 0.3) is 5.69 Å². The number of hydrogen-bond donors (Lipinski definition) is 0. The van der Waals surface area contributed by atoms with E-state index in [0.717, 1.165) is 5.69 Å². The number of aromatic nitrogens is 3. The van der Waals surface area contributed by atoms with Crippen LogP contribution in [0.3, 0.4) is 0 Å². The maximum atomic E-state index is 11.4. The van der Waals surface area contributed by atoms with Crippen LogP contribution < -0.4 is 4.74 Å². The minimum Gasteiger partial charge on any atom is -0.491 e. The van der Waals surface area contributed by atoms with E-state index in [2.05, 4.69) is 10.2 Å². The molecule has 30 heavy (non-hydrogen) atoms. The summed E-state index contributed by atoms with van der Waals surface area (Å²) in [4.78, 5) is 11.0. The summed E-state index contributed by atoms with van der Waals surface area (Å²) in [6, 6.07) is 10.4. The number of nitrogens with zero attached hydrogens (tertiary/aromatic N) is 4. The molecule has 0 radical (unpaired) electrons. The highest BCUT2D eigenvalue weighted by molar-refractivity contribution is 7.99. The lowest BCUT2D eigenvalue weighted by Gasteiger charge is -2.16. The molecule has 3 rings (SSSR count). The van der Waals surface area contributed by atoms with Crippen molar-refractivity contribution in [2.24, 2.45) is 0 Å². The first-order valence-corrected chi connectivity index (χ1v) is 10.9. The number of thioether (sulfide) groups is 1. The molecule has 0 unspecified atom stereocenters. The molecule has 0 aliphatic carbocycles. The molecule has 2 aromatic carbocycles. The third-order valence-corrected chi connectivity index (χ3v) is 6.12. The fourth-order valence-corrected chi connectivity index (χ4v) is 4.72. The molecule has 0 bridgehead atoms. The van der Waals surface area contributed by atoms with Crippen LogP contribution in [0.5, 0.6) is 5.75 Å². The van der Waals surface area contributed by atoms with Gasteiger partial charge in [0.05, 0.1) is 16.7 Å². The molecule has 0 aliphatic rings. The standard InChI is InChI=1S/C19H17Cl3N4O3S/c1-3-29-18-15(21)8-12(9-16(18)22)17(10-25(27)28)30-19-24-23-11(2)26(19)14-6-4-13(20)5-7-14/h4-9,17H,3,10H2,1-2H3/t17-/m1/s1. The number of rotatable bonds is 8. The van der Waals surface area contributed by atoms with E-state index in [0.29, 0.717) is 44.0 Å². The van der Waals surface area contributed by atoms with Crippen molar-refractivity contribution < 1.29 is 9.66 Å². The second-order valence-electron chi connectivity index (χ2n) is 6.21. The summed E-state index contributed by atoms with van der Waals surface area (Å²) < 4.78 is 7.26. The van der Waals surface area contributed by atoms with E-state index in [1.165, 1.54) is 11.8 Å². The molecule has 7 nitrogen and oxygen atoms in total. The normalized spacial score (nSPS) is 12.0. The molecular formula is C19H17Cl3N4O3S. The average molecular weight is 488 g/mol. The summed E-state index contributed by atoms with van der Waals surface area (Å²) in [5, 5.41) is 20.8. The minimum atomic E-state index is -0.597. The zero-order chi connectivity index (χ0) is 21.8. The van der Waals surface area contributed by atoms with Crippen LogP contribution in [-0.2, 0) is 0 Å². The van der Waals surface area contributed by atoms with E-state index < -0.39 is 5.25 Å². The fourth-order valence-electron chi connectivity index (χ4n) is 2.83. The molecule has 0 saturated carbocycles. The fraction of sp³-hybridized carbons (Fsp3) is 0.263. The van der Waals surface area contributed by atoms with E-state index in [9.17, 15) is 10.1 Å². The van der Waals surface area contributed by atoms with Crippen LogP contribution in [0.2, 0.25) is 15.1 Å². The molecule has 1 heterocycles. The van der Waals surface area contributed by atoms with Gasteiger partial charge in [0.1, 0.15) is 11.1 Å². The topological polar surface area (TPSA) is 83.1 Å². The van der Waals surface area contributed by atoms with E-state index in [1.807, 2.05) is 23.6 Å². The van der Waals surface area contributed by atoms with Gasteiger partial charge in [0.2, 0.25) is 6.54 Å². The lowest BCUT2D eigenvalue weighted by molar-refractivity contribution is -0.479. The minimum absolute atomic E-state index is 0.295. The molecule has 0 aliphatic heterocycles.